The molecule has 0 radical (unpaired) electrons. The Morgan fingerprint density at radius 2 is 1.65 bits per heavy atom. The van der Waals surface area contributed by atoms with Crippen molar-refractivity contribution in [2.45, 2.75) is 64.3 Å². The van der Waals surface area contributed by atoms with Crippen molar-refractivity contribution >= 4 is 0 Å². The Balaban J connectivity index is 2.29. The number of rotatable bonds is 5. The smallest absolute Gasteiger partial charge is 0.130 e. The number of ether oxygens (including phenoxy) is 2. The van der Waals surface area contributed by atoms with E-state index in [9.17, 15) is 5.11 Å². The zero-order valence-corrected chi connectivity index (χ0v) is 13.1. The molecule has 1 fully saturated rings. The minimum atomic E-state index is -0.404. The molecule has 0 heterocycles. The first-order chi connectivity index (χ1) is 9.45. The van der Waals surface area contributed by atoms with Gasteiger partial charge in [0.15, 0.2) is 0 Å². The first-order valence-corrected chi connectivity index (χ1v) is 7.46. The van der Waals surface area contributed by atoms with E-state index < -0.39 is 6.10 Å². The van der Waals surface area contributed by atoms with Crippen LogP contribution >= 0.6 is 0 Å². The molecule has 1 aromatic carbocycles. The molecular weight excluding hydrogens is 252 g/mol. The van der Waals surface area contributed by atoms with Crippen LogP contribution in [0.2, 0.25) is 0 Å². The molecule has 1 saturated carbocycles. The molecule has 1 aromatic rings. The van der Waals surface area contributed by atoms with Crippen LogP contribution in [0, 0.1) is 0 Å². The SMILES string of the molecule is COC1C(O)CC1Oc1c(C(C)C)cccc1C(C)C. The fourth-order valence-electron chi connectivity index (χ4n) is 2.75. The first-order valence-electron chi connectivity index (χ1n) is 7.46. The zero-order valence-electron chi connectivity index (χ0n) is 13.1. The lowest BCUT2D eigenvalue weighted by atomic mass is 9.87. The van der Waals surface area contributed by atoms with Gasteiger partial charge in [0.2, 0.25) is 0 Å². The Kier molecular flexibility index (Phi) is 4.71. The summed E-state index contributed by atoms with van der Waals surface area (Å²) in [6, 6.07) is 6.35. The van der Waals surface area contributed by atoms with Gasteiger partial charge in [-0.05, 0) is 23.0 Å². The van der Waals surface area contributed by atoms with Crippen molar-refractivity contribution in [3.05, 3.63) is 29.3 Å². The van der Waals surface area contributed by atoms with E-state index in [1.165, 1.54) is 11.1 Å². The second-order valence-corrected chi connectivity index (χ2v) is 6.23. The average molecular weight is 278 g/mol. The molecule has 112 valence electrons. The monoisotopic (exact) mass is 278 g/mol. The van der Waals surface area contributed by atoms with Crippen molar-refractivity contribution in [3.8, 4) is 5.75 Å². The summed E-state index contributed by atoms with van der Waals surface area (Å²) in [6.07, 6.45) is -0.0241. The van der Waals surface area contributed by atoms with E-state index in [0.29, 0.717) is 18.3 Å². The lowest BCUT2D eigenvalue weighted by Crippen LogP contribution is -2.54. The van der Waals surface area contributed by atoms with Crippen LogP contribution in [0.4, 0.5) is 0 Å². The Morgan fingerprint density at radius 1 is 1.10 bits per heavy atom. The van der Waals surface area contributed by atoms with Gasteiger partial charge in [-0.15, -0.1) is 0 Å². The highest BCUT2D eigenvalue weighted by atomic mass is 16.6. The normalized spacial score (nSPS) is 25.9. The fourth-order valence-corrected chi connectivity index (χ4v) is 2.75. The number of hydrogen-bond acceptors (Lipinski definition) is 3. The highest BCUT2D eigenvalue weighted by molar-refractivity contribution is 5.45. The van der Waals surface area contributed by atoms with E-state index in [0.717, 1.165) is 5.75 Å². The largest absolute Gasteiger partial charge is 0.487 e. The molecule has 3 atom stereocenters. The molecule has 3 heteroatoms. The topological polar surface area (TPSA) is 38.7 Å². The number of para-hydroxylation sites is 1. The third kappa shape index (κ3) is 2.84. The second kappa shape index (κ2) is 6.15. The number of benzene rings is 1. The van der Waals surface area contributed by atoms with Crippen molar-refractivity contribution in [1.29, 1.82) is 0 Å². The number of aliphatic hydroxyl groups excluding tert-OH is 1. The lowest BCUT2D eigenvalue weighted by Gasteiger charge is -2.41. The summed E-state index contributed by atoms with van der Waals surface area (Å²) in [6.45, 7) is 8.71. The molecule has 2 rings (SSSR count). The predicted octanol–water partition coefficient (Wildman–Crippen LogP) is 3.46. The molecule has 1 aliphatic carbocycles. The van der Waals surface area contributed by atoms with E-state index in [-0.39, 0.29) is 12.2 Å². The highest BCUT2D eigenvalue weighted by Gasteiger charge is 2.42. The minimum Gasteiger partial charge on any atom is -0.487 e. The van der Waals surface area contributed by atoms with E-state index in [1.807, 2.05) is 0 Å². The second-order valence-electron chi connectivity index (χ2n) is 6.23. The van der Waals surface area contributed by atoms with Gasteiger partial charge in [0.1, 0.15) is 18.0 Å². The van der Waals surface area contributed by atoms with Gasteiger partial charge < -0.3 is 14.6 Å². The van der Waals surface area contributed by atoms with Crippen LogP contribution in [-0.2, 0) is 4.74 Å². The highest BCUT2D eigenvalue weighted by Crippen LogP contribution is 2.38. The molecule has 0 spiro atoms. The van der Waals surface area contributed by atoms with Crippen LogP contribution in [-0.4, -0.2) is 30.5 Å². The van der Waals surface area contributed by atoms with Crippen LogP contribution in [0.3, 0.4) is 0 Å². The Hall–Kier alpha value is -1.06. The Labute approximate surface area is 121 Å². The van der Waals surface area contributed by atoms with E-state index in [1.54, 1.807) is 7.11 Å². The van der Waals surface area contributed by atoms with Crippen molar-refractivity contribution in [2.75, 3.05) is 7.11 Å². The summed E-state index contributed by atoms with van der Waals surface area (Å²) in [4.78, 5) is 0. The molecule has 0 amide bonds. The van der Waals surface area contributed by atoms with Crippen molar-refractivity contribution in [1.82, 2.24) is 0 Å². The maximum absolute atomic E-state index is 9.71. The molecule has 0 aromatic heterocycles. The molecular formula is C17H26O3. The Bertz CT molecular complexity index is 427. The van der Waals surface area contributed by atoms with E-state index >= 15 is 0 Å². The molecule has 3 unspecified atom stereocenters. The van der Waals surface area contributed by atoms with Gasteiger partial charge in [0.05, 0.1) is 6.10 Å². The predicted molar refractivity (Wildman–Crippen MR) is 80.5 cm³/mol. The molecule has 0 bridgehead atoms. The third-order valence-corrected chi connectivity index (χ3v) is 4.08. The Morgan fingerprint density at radius 3 is 2.05 bits per heavy atom. The molecule has 3 nitrogen and oxygen atoms in total. The maximum atomic E-state index is 9.71. The van der Waals surface area contributed by atoms with Crippen molar-refractivity contribution < 1.29 is 14.6 Å². The van der Waals surface area contributed by atoms with Gasteiger partial charge in [-0.3, -0.25) is 0 Å². The molecule has 20 heavy (non-hydrogen) atoms. The van der Waals surface area contributed by atoms with Gasteiger partial charge in [-0.25, -0.2) is 0 Å². The summed E-state index contributed by atoms with van der Waals surface area (Å²) < 4.78 is 11.5. The summed E-state index contributed by atoms with van der Waals surface area (Å²) in [7, 11) is 1.63. The minimum absolute atomic E-state index is 0.0487. The van der Waals surface area contributed by atoms with Crippen LogP contribution < -0.4 is 4.74 Å². The average Bonchev–Trinajstić information content (AvgIpc) is 2.37. The summed E-state index contributed by atoms with van der Waals surface area (Å²) in [5.74, 6) is 1.81. The molecule has 1 aliphatic rings. The number of aliphatic hydroxyl groups is 1. The number of methoxy groups -OCH3 is 1. The van der Waals surface area contributed by atoms with E-state index in [2.05, 4.69) is 45.9 Å². The van der Waals surface area contributed by atoms with Gasteiger partial charge in [-0.1, -0.05) is 45.9 Å². The molecule has 1 N–H and O–H groups in total. The zero-order chi connectivity index (χ0) is 14.9. The van der Waals surface area contributed by atoms with Gasteiger partial charge in [0, 0.05) is 13.5 Å². The van der Waals surface area contributed by atoms with Gasteiger partial charge in [0.25, 0.3) is 0 Å². The van der Waals surface area contributed by atoms with Crippen molar-refractivity contribution in [2.24, 2.45) is 0 Å². The standard InChI is InChI=1S/C17H26O3/c1-10(2)12-7-6-8-13(11(3)4)16(12)20-15-9-14(18)17(15)19-5/h6-8,10-11,14-15,17-18H,9H2,1-5H3. The molecule has 0 saturated heterocycles. The fraction of sp³-hybridized carbons (Fsp3) is 0.647. The van der Waals surface area contributed by atoms with Crippen molar-refractivity contribution in [3.63, 3.8) is 0 Å². The van der Waals surface area contributed by atoms with Gasteiger partial charge >= 0.3 is 0 Å². The van der Waals surface area contributed by atoms with Crippen LogP contribution in [0.5, 0.6) is 5.75 Å². The van der Waals surface area contributed by atoms with Gasteiger partial charge in [-0.2, -0.15) is 0 Å². The summed E-state index contributed by atoms with van der Waals surface area (Å²) >= 11 is 0. The van der Waals surface area contributed by atoms with E-state index in [4.69, 9.17) is 9.47 Å². The summed E-state index contributed by atoms with van der Waals surface area (Å²) in [5, 5.41) is 9.71. The number of hydrogen-bond donors (Lipinski definition) is 1. The summed E-state index contributed by atoms with van der Waals surface area (Å²) in [5.41, 5.74) is 2.46. The van der Waals surface area contributed by atoms with Crippen LogP contribution in [0.1, 0.15) is 57.1 Å². The van der Waals surface area contributed by atoms with Crippen LogP contribution in [0.25, 0.3) is 0 Å². The van der Waals surface area contributed by atoms with Crippen LogP contribution in [0.15, 0.2) is 18.2 Å². The molecule has 0 aliphatic heterocycles. The quantitative estimate of drug-likeness (QED) is 0.896. The third-order valence-electron chi connectivity index (χ3n) is 4.08. The lowest BCUT2D eigenvalue weighted by molar-refractivity contribution is -0.149. The maximum Gasteiger partial charge on any atom is 0.130 e. The first kappa shape index (κ1) is 15.3.